The van der Waals surface area contributed by atoms with E-state index in [-0.39, 0.29) is 0 Å². The number of thiophene rings is 1. The van der Waals surface area contributed by atoms with E-state index < -0.39 is 0 Å². The van der Waals surface area contributed by atoms with Crippen molar-refractivity contribution in [2.75, 3.05) is 0 Å². The smallest absolute Gasteiger partial charge is 0.164 e. The third kappa shape index (κ3) is 4.95. The molecule has 10 aromatic rings. The second kappa shape index (κ2) is 11.6. The van der Waals surface area contributed by atoms with E-state index in [1.165, 1.54) is 25.7 Å². The standard InChI is InChI=1S/C45H27N3OS/c1-2-8-30(9-3-1)43-46-44(31-18-14-28(15-19-31)33-22-24-40-37(26-33)35-10-4-6-12-39(35)49-40)48-45(47-43)32-20-16-29(17-21-32)34-23-25-42-38(27-34)36-11-5-7-13-41(36)50-42/h1-27H. The van der Waals surface area contributed by atoms with Crippen molar-refractivity contribution in [3.63, 3.8) is 0 Å². The molecule has 50 heavy (non-hydrogen) atoms. The number of benzene rings is 7. The van der Waals surface area contributed by atoms with Gasteiger partial charge in [-0.3, -0.25) is 0 Å². The van der Waals surface area contributed by atoms with Crippen molar-refractivity contribution in [3.05, 3.63) is 164 Å². The first-order chi connectivity index (χ1) is 24.7. The van der Waals surface area contributed by atoms with Crippen LogP contribution in [0.5, 0.6) is 0 Å². The molecule has 0 unspecified atom stereocenters. The van der Waals surface area contributed by atoms with Gasteiger partial charge in [0.2, 0.25) is 0 Å². The third-order valence-electron chi connectivity index (χ3n) is 9.37. The summed E-state index contributed by atoms with van der Waals surface area (Å²) in [5.41, 5.74) is 9.19. The minimum Gasteiger partial charge on any atom is -0.456 e. The topological polar surface area (TPSA) is 51.8 Å². The molecular formula is C45H27N3OS. The first-order valence-electron chi connectivity index (χ1n) is 16.6. The van der Waals surface area contributed by atoms with Crippen molar-refractivity contribution in [3.8, 4) is 56.4 Å². The summed E-state index contributed by atoms with van der Waals surface area (Å²) in [4.78, 5) is 14.9. The Morgan fingerprint density at radius 2 is 0.780 bits per heavy atom. The zero-order chi connectivity index (χ0) is 33.0. The molecule has 0 aliphatic rings. The zero-order valence-corrected chi connectivity index (χ0v) is 27.6. The van der Waals surface area contributed by atoms with Gasteiger partial charge in [0.05, 0.1) is 0 Å². The highest BCUT2D eigenvalue weighted by Gasteiger charge is 2.14. The average Bonchev–Trinajstić information content (AvgIpc) is 3.76. The van der Waals surface area contributed by atoms with E-state index in [0.29, 0.717) is 17.5 Å². The number of aromatic nitrogens is 3. The molecule has 0 saturated heterocycles. The van der Waals surface area contributed by atoms with Gasteiger partial charge in [-0.1, -0.05) is 127 Å². The van der Waals surface area contributed by atoms with E-state index in [4.69, 9.17) is 19.4 Å². The van der Waals surface area contributed by atoms with Crippen LogP contribution in [0.15, 0.2) is 168 Å². The van der Waals surface area contributed by atoms with Crippen LogP contribution >= 0.6 is 11.3 Å². The SMILES string of the molecule is c1ccc(-c2nc(-c3ccc(-c4ccc5oc6ccccc6c5c4)cc3)nc(-c3ccc(-c4ccc5sc6ccccc6c5c4)cc3)n2)cc1. The molecule has 0 spiro atoms. The Kier molecular flexibility index (Phi) is 6.64. The summed E-state index contributed by atoms with van der Waals surface area (Å²) >= 11 is 1.84. The number of rotatable bonds is 5. The number of para-hydroxylation sites is 1. The lowest BCUT2D eigenvalue weighted by molar-refractivity contribution is 0.669. The number of fused-ring (bicyclic) bond motifs is 6. The summed E-state index contributed by atoms with van der Waals surface area (Å²) in [5.74, 6) is 1.92. The van der Waals surface area contributed by atoms with Gasteiger partial charge in [0.25, 0.3) is 0 Å². The van der Waals surface area contributed by atoms with Gasteiger partial charge in [-0.15, -0.1) is 11.3 Å². The molecular weight excluding hydrogens is 631 g/mol. The maximum Gasteiger partial charge on any atom is 0.164 e. The summed E-state index contributed by atoms with van der Waals surface area (Å²) in [5, 5.41) is 4.83. The van der Waals surface area contributed by atoms with Gasteiger partial charge in [-0.05, 0) is 58.7 Å². The third-order valence-corrected chi connectivity index (χ3v) is 10.5. The molecule has 5 heteroatoms. The van der Waals surface area contributed by atoms with Gasteiger partial charge >= 0.3 is 0 Å². The molecule has 0 aliphatic heterocycles. The van der Waals surface area contributed by atoms with Crippen LogP contribution in [0.3, 0.4) is 0 Å². The fourth-order valence-electron chi connectivity index (χ4n) is 6.79. The summed E-state index contributed by atoms with van der Waals surface area (Å²) in [6.45, 7) is 0. The molecule has 0 saturated carbocycles. The Morgan fingerprint density at radius 3 is 1.46 bits per heavy atom. The highest BCUT2D eigenvalue weighted by Crippen LogP contribution is 2.37. The summed E-state index contributed by atoms with van der Waals surface area (Å²) in [7, 11) is 0. The lowest BCUT2D eigenvalue weighted by Crippen LogP contribution is -2.00. The van der Waals surface area contributed by atoms with Crippen LogP contribution in [-0.4, -0.2) is 15.0 Å². The molecule has 0 fully saturated rings. The number of hydrogen-bond donors (Lipinski definition) is 0. The van der Waals surface area contributed by atoms with E-state index in [1.807, 2.05) is 59.9 Å². The molecule has 234 valence electrons. The van der Waals surface area contributed by atoms with Crippen LogP contribution in [0, 0.1) is 0 Å². The molecule has 0 bridgehead atoms. The molecule has 10 rings (SSSR count). The summed E-state index contributed by atoms with van der Waals surface area (Å²) in [6, 6.07) is 57.0. The Balaban J connectivity index is 1.01. The predicted octanol–water partition coefficient (Wildman–Crippen LogP) is 12.5. The van der Waals surface area contributed by atoms with Crippen LogP contribution in [0.4, 0.5) is 0 Å². The average molecular weight is 658 g/mol. The maximum absolute atomic E-state index is 6.05. The summed E-state index contributed by atoms with van der Waals surface area (Å²) < 4.78 is 8.67. The molecule has 3 aromatic heterocycles. The van der Waals surface area contributed by atoms with E-state index in [2.05, 4.69) is 115 Å². The van der Waals surface area contributed by atoms with Crippen LogP contribution in [0.2, 0.25) is 0 Å². The lowest BCUT2D eigenvalue weighted by atomic mass is 10.0. The monoisotopic (exact) mass is 657 g/mol. The Bertz CT molecular complexity index is 2680. The number of hydrogen-bond acceptors (Lipinski definition) is 5. The van der Waals surface area contributed by atoms with Crippen LogP contribution in [-0.2, 0) is 0 Å². The molecule has 7 aromatic carbocycles. The Hall–Kier alpha value is -6.43. The van der Waals surface area contributed by atoms with Gasteiger partial charge in [0, 0.05) is 47.6 Å². The minimum absolute atomic E-state index is 0.635. The highest BCUT2D eigenvalue weighted by atomic mass is 32.1. The first kappa shape index (κ1) is 28.6. The second-order valence-corrected chi connectivity index (χ2v) is 13.5. The quantitative estimate of drug-likeness (QED) is 0.185. The Labute approximate surface area is 292 Å². The minimum atomic E-state index is 0.635. The van der Waals surface area contributed by atoms with Crippen LogP contribution in [0.25, 0.3) is 98.5 Å². The van der Waals surface area contributed by atoms with Crippen molar-refractivity contribution in [1.29, 1.82) is 0 Å². The van der Waals surface area contributed by atoms with Crippen molar-refractivity contribution in [2.24, 2.45) is 0 Å². The van der Waals surface area contributed by atoms with E-state index in [0.717, 1.165) is 55.3 Å². The van der Waals surface area contributed by atoms with Gasteiger partial charge in [-0.2, -0.15) is 0 Å². The highest BCUT2D eigenvalue weighted by molar-refractivity contribution is 7.25. The second-order valence-electron chi connectivity index (χ2n) is 12.4. The zero-order valence-electron chi connectivity index (χ0n) is 26.7. The van der Waals surface area contributed by atoms with E-state index in [1.54, 1.807) is 0 Å². The predicted molar refractivity (Wildman–Crippen MR) is 207 cm³/mol. The van der Waals surface area contributed by atoms with Gasteiger partial charge in [0.1, 0.15) is 11.2 Å². The largest absolute Gasteiger partial charge is 0.456 e. The van der Waals surface area contributed by atoms with Crippen molar-refractivity contribution in [2.45, 2.75) is 0 Å². The van der Waals surface area contributed by atoms with Gasteiger partial charge < -0.3 is 4.42 Å². The fraction of sp³-hybridized carbons (Fsp3) is 0. The van der Waals surface area contributed by atoms with Crippen LogP contribution < -0.4 is 0 Å². The van der Waals surface area contributed by atoms with Crippen LogP contribution in [0.1, 0.15) is 0 Å². The normalized spacial score (nSPS) is 11.6. The summed E-state index contributed by atoms with van der Waals surface area (Å²) in [6.07, 6.45) is 0. The lowest BCUT2D eigenvalue weighted by Gasteiger charge is -2.10. The van der Waals surface area contributed by atoms with Crippen molar-refractivity contribution < 1.29 is 4.42 Å². The molecule has 0 aliphatic carbocycles. The molecule has 0 amide bonds. The van der Waals surface area contributed by atoms with Gasteiger partial charge in [0.15, 0.2) is 17.5 Å². The fourth-order valence-corrected chi connectivity index (χ4v) is 7.87. The van der Waals surface area contributed by atoms with Gasteiger partial charge in [-0.25, -0.2) is 15.0 Å². The molecule has 4 nitrogen and oxygen atoms in total. The first-order valence-corrected chi connectivity index (χ1v) is 17.4. The molecule has 0 radical (unpaired) electrons. The molecule has 0 atom stereocenters. The Morgan fingerprint density at radius 1 is 0.320 bits per heavy atom. The van der Waals surface area contributed by atoms with Crippen molar-refractivity contribution >= 4 is 53.4 Å². The van der Waals surface area contributed by atoms with Crippen molar-refractivity contribution in [1.82, 2.24) is 15.0 Å². The maximum atomic E-state index is 6.05. The van der Waals surface area contributed by atoms with E-state index in [9.17, 15) is 0 Å². The molecule has 0 N–H and O–H groups in total. The number of nitrogens with zero attached hydrogens (tertiary/aromatic N) is 3. The molecule has 3 heterocycles. The number of furan rings is 1. The van der Waals surface area contributed by atoms with E-state index >= 15 is 0 Å².